The molecule has 0 aliphatic heterocycles. The number of carbonyl (C=O) groups excluding carboxylic acids is 1. The number of H-pyrrole nitrogens is 1. The fourth-order valence-electron chi connectivity index (χ4n) is 4.52. The van der Waals surface area contributed by atoms with E-state index in [0.717, 1.165) is 59.0 Å². The number of rotatable bonds is 8. The van der Waals surface area contributed by atoms with E-state index >= 15 is 0 Å². The lowest BCUT2D eigenvalue weighted by Gasteiger charge is -2.16. The van der Waals surface area contributed by atoms with Gasteiger partial charge in [-0.25, -0.2) is 4.98 Å². The third-order valence-corrected chi connectivity index (χ3v) is 6.42. The van der Waals surface area contributed by atoms with Gasteiger partial charge in [0.1, 0.15) is 5.82 Å². The molecular weight excluding hydrogens is 406 g/mol. The summed E-state index contributed by atoms with van der Waals surface area (Å²) in [5, 5.41) is 4.30. The van der Waals surface area contributed by atoms with E-state index in [1.807, 2.05) is 30.5 Å². The quantitative estimate of drug-likeness (QED) is 0.296. The third kappa shape index (κ3) is 4.85. The second-order valence-corrected chi connectivity index (χ2v) is 8.90. The number of hydrogen-bond donors (Lipinski definition) is 2. The number of aromatic nitrogens is 2. The van der Waals surface area contributed by atoms with Crippen LogP contribution in [0.15, 0.2) is 60.8 Å². The summed E-state index contributed by atoms with van der Waals surface area (Å²) in [5.74, 6) is 0.796. The predicted octanol–water partition coefficient (Wildman–Crippen LogP) is 7.67. The number of carbonyl (C=O) groups is 1. The van der Waals surface area contributed by atoms with Crippen LogP contribution in [-0.2, 0) is 4.79 Å². The highest BCUT2D eigenvalue weighted by atomic mass is 16.1. The molecule has 2 heterocycles. The molecule has 0 aliphatic rings. The van der Waals surface area contributed by atoms with Gasteiger partial charge in [0.05, 0.1) is 16.8 Å². The lowest BCUT2D eigenvalue weighted by Crippen LogP contribution is -2.22. The minimum atomic E-state index is 0.00947. The summed E-state index contributed by atoms with van der Waals surface area (Å²) in [6.45, 7) is 8.48. The van der Waals surface area contributed by atoms with Gasteiger partial charge in [-0.15, -0.1) is 0 Å². The molecular formula is C29H33N3O. The summed E-state index contributed by atoms with van der Waals surface area (Å²) < 4.78 is 0. The topological polar surface area (TPSA) is 57.8 Å². The van der Waals surface area contributed by atoms with Crippen LogP contribution < -0.4 is 5.32 Å². The van der Waals surface area contributed by atoms with E-state index in [2.05, 4.69) is 68.3 Å². The van der Waals surface area contributed by atoms with E-state index in [1.54, 1.807) is 0 Å². The van der Waals surface area contributed by atoms with E-state index < -0.39 is 0 Å². The van der Waals surface area contributed by atoms with Crippen molar-refractivity contribution in [3.8, 4) is 22.4 Å². The van der Waals surface area contributed by atoms with Crippen LogP contribution in [0.2, 0.25) is 0 Å². The Bertz CT molecular complexity index is 1270. The Morgan fingerprint density at radius 2 is 1.85 bits per heavy atom. The summed E-state index contributed by atoms with van der Waals surface area (Å²) in [4.78, 5) is 21.5. The summed E-state index contributed by atoms with van der Waals surface area (Å²) >= 11 is 0. The molecule has 0 aliphatic carbocycles. The second-order valence-electron chi connectivity index (χ2n) is 8.90. The van der Waals surface area contributed by atoms with Gasteiger partial charge in [0.25, 0.3) is 0 Å². The number of anilines is 1. The second kappa shape index (κ2) is 10.0. The van der Waals surface area contributed by atoms with E-state index in [4.69, 9.17) is 4.98 Å². The maximum atomic E-state index is 13.2. The molecule has 0 bridgehead atoms. The third-order valence-electron chi connectivity index (χ3n) is 6.42. The average molecular weight is 440 g/mol. The highest BCUT2D eigenvalue weighted by Gasteiger charge is 2.22. The molecule has 33 heavy (non-hydrogen) atoms. The summed E-state index contributed by atoms with van der Waals surface area (Å²) in [7, 11) is 0. The fraction of sp³-hybridized carbons (Fsp3) is 0.310. The smallest absolute Gasteiger partial charge is 0.228 e. The molecule has 2 aromatic heterocycles. The predicted molar refractivity (Wildman–Crippen MR) is 138 cm³/mol. The van der Waals surface area contributed by atoms with Crippen LogP contribution in [0.5, 0.6) is 0 Å². The van der Waals surface area contributed by atoms with Crippen molar-refractivity contribution in [2.75, 3.05) is 5.32 Å². The maximum absolute atomic E-state index is 13.2. The molecule has 0 spiro atoms. The van der Waals surface area contributed by atoms with Crippen LogP contribution in [-0.4, -0.2) is 15.9 Å². The molecule has 2 N–H and O–H groups in total. The molecule has 170 valence electrons. The van der Waals surface area contributed by atoms with Crippen LogP contribution in [0.4, 0.5) is 5.82 Å². The van der Waals surface area contributed by atoms with Gasteiger partial charge in [-0.3, -0.25) is 4.79 Å². The highest BCUT2D eigenvalue weighted by molar-refractivity contribution is 6.00. The molecule has 2 aromatic carbocycles. The molecule has 1 amide bonds. The average Bonchev–Trinajstić information content (AvgIpc) is 3.22. The minimum absolute atomic E-state index is 0.00947. The fourth-order valence-corrected chi connectivity index (χ4v) is 4.52. The number of aryl methyl sites for hydroxylation is 2. The monoisotopic (exact) mass is 439 g/mol. The van der Waals surface area contributed by atoms with Crippen molar-refractivity contribution in [2.45, 2.75) is 53.4 Å². The van der Waals surface area contributed by atoms with Crippen LogP contribution in [0.1, 0.15) is 50.7 Å². The van der Waals surface area contributed by atoms with Gasteiger partial charge in [-0.1, -0.05) is 74.7 Å². The Labute approximate surface area is 196 Å². The van der Waals surface area contributed by atoms with E-state index in [0.29, 0.717) is 5.82 Å². The van der Waals surface area contributed by atoms with Crippen molar-refractivity contribution < 1.29 is 4.79 Å². The number of aromatic amines is 1. The van der Waals surface area contributed by atoms with Gasteiger partial charge in [0.15, 0.2) is 0 Å². The van der Waals surface area contributed by atoms with Crippen molar-refractivity contribution >= 4 is 22.6 Å². The Balaban J connectivity index is 1.81. The number of pyridine rings is 1. The molecule has 0 saturated heterocycles. The Kier molecular flexibility index (Phi) is 6.93. The lowest BCUT2D eigenvalue weighted by atomic mass is 9.95. The molecule has 0 radical (unpaired) electrons. The summed E-state index contributed by atoms with van der Waals surface area (Å²) in [6.07, 6.45) is 5.89. The Morgan fingerprint density at radius 1 is 1.03 bits per heavy atom. The first-order valence-electron chi connectivity index (χ1n) is 12.0. The molecule has 1 atom stereocenters. The van der Waals surface area contributed by atoms with Crippen molar-refractivity contribution in [3.63, 3.8) is 0 Å². The van der Waals surface area contributed by atoms with Gasteiger partial charge in [-0.2, -0.15) is 0 Å². The first-order chi connectivity index (χ1) is 16.0. The maximum Gasteiger partial charge on any atom is 0.228 e. The van der Waals surface area contributed by atoms with Crippen LogP contribution in [0, 0.1) is 19.8 Å². The summed E-state index contributed by atoms with van der Waals surface area (Å²) in [5.41, 5.74) is 7.34. The van der Waals surface area contributed by atoms with Crippen molar-refractivity contribution in [2.24, 2.45) is 5.92 Å². The molecule has 4 aromatic rings. The van der Waals surface area contributed by atoms with Gasteiger partial charge in [0, 0.05) is 23.1 Å². The number of benzene rings is 2. The molecule has 4 nitrogen and oxygen atoms in total. The normalized spacial score (nSPS) is 12.1. The van der Waals surface area contributed by atoms with Crippen LogP contribution in [0.25, 0.3) is 33.3 Å². The van der Waals surface area contributed by atoms with Gasteiger partial charge in [-0.05, 0) is 49.9 Å². The highest BCUT2D eigenvalue weighted by Crippen LogP contribution is 2.39. The number of hydrogen-bond acceptors (Lipinski definition) is 2. The van der Waals surface area contributed by atoms with E-state index in [1.165, 1.54) is 11.1 Å². The number of nitrogens with one attached hydrogen (secondary N) is 2. The standard InChI is InChI=1S/C29H33N3O/c1-5-7-10-21(6-2)29(33)32-28-27(26-16-14-22-11-8-9-12-25(22)31-26)24(18-30-28)23-15-13-19(3)17-20(23)4/h8-9,11-18,21,30H,5-7,10H2,1-4H3,(H,32,33). The molecule has 0 fully saturated rings. The minimum Gasteiger partial charge on any atom is -0.347 e. The zero-order chi connectivity index (χ0) is 23.4. The largest absolute Gasteiger partial charge is 0.347 e. The van der Waals surface area contributed by atoms with Crippen molar-refractivity contribution in [1.29, 1.82) is 0 Å². The zero-order valence-electron chi connectivity index (χ0n) is 20.0. The lowest BCUT2D eigenvalue weighted by molar-refractivity contribution is -0.120. The summed E-state index contributed by atoms with van der Waals surface area (Å²) in [6, 6.07) is 18.7. The first-order valence-corrected chi connectivity index (χ1v) is 12.0. The van der Waals surface area contributed by atoms with E-state index in [9.17, 15) is 4.79 Å². The van der Waals surface area contributed by atoms with Crippen molar-refractivity contribution in [3.05, 3.63) is 71.9 Å². The Morgan fingerprint density at radius 3 is 2.61 bits per heavy atom. The Hall–Kier alpha value is -3.40. The number of nitrogens with zero attached hydrogens (tertiary/aromatic N) is 1. The van der Waals surface area contributed by atoms with Crippen LogP contribution >= 0.6 is 0 Å². The number of unbranched alkanes of at least 4 members (excludes halogenated alkanes) is 1. The molecule has 1 unspecified atom stereocenters. The van der Waals surface area contributed by atoms with Gasteiger partial charge < -0.3 is 10.3 Å². The number of fused-ring (bicyclic) bond motifs is 1. The molecule has 4 rings (SSSR count). The van der Waals surface area contributed by atoms with Gasteiger partial charge >= 0.3 is 0 Å². The van der Waals surface area contributed by atoms with Gasteiger partial charge in [0.2, 0.25) is 5.91 Å². The van der Waals surface area contributed by atoms with E-state index in [-0.39, 0.29) is 11.8 Å². The zero-order valence-corrected chi connectivity index (χ0v) is 20.0. The first kappa shape index (κ1) is 22.8. The van der Waals surface area contributed by atoms with Crippen molar-refractivity contribution in [1.82, 2.24) is 9.97 Å². The SMILES string of the molecule is CCCCC(CC)C(=O)Nc1[nH]cc(-c2ccc(C)cc2C)c1-c1ccc2ccccc2n1. The number of amides is 1. The molecule has 4 heteroatoms. The molecule has 0 saturated carbocycles. The number of para-hydroxylation sites is 1. The van der Waals surface area contributed by atoms with Crippen LogP contribution in [0.3, 0.4) is 0 Å².